The molecule has 1 unspecified atom stereocenters. The van der Waals surface area contributed by atoms with Crippen molar-refractivity contribution >= 4 is 36.3 Å². The lowest BCUT2D eigenvalue weighted by atomic mass is 10.3. The SMILES string of the molecule is CCC(C)OC[Si](C)(C)O[Si](O[Si](OC)(OC)OC)(c1ccccc1)c1ccccc1. The molecule has 2 aromatic carbocycles. The smallest absolute Gasteiger partial charge is 0.428 e. The van der Waals surface area contributed by atoms with Gasteiger partial charge in [0.1, 0.15) is 0 Å². The van der Waals surface area contributed by atoms with Gasteiger partial charge in [0.25, 0.3) is 0 Å². The van der Waals surface area contributed by atoms with Gasteiger partial charge in [-0.05, 0) is 36.8 Å². The highest BCUT2D eigenvalue weighted by Crippen LogP contribution is 2.23. The Morgan fingerprint density at radius 3 is 1.58 bits per heavy atom. The van der Waals surface area contributed by atoms with Crippen LogP contribution in [0.2, 0.25) is 13.1 Å². The Morgan fingerprint density at radius 1 is 0.742 bits per heavy atom. The summed E-state index contributed by atoms with van der Waals surface area (Å²) in [5.41, 5.74) is 0. The Kier molecular flexibility index (Phi) is 9.80. The summed E-state index contributed by atoms with van der Waals surface area (Å²) < 4.78 is 37.0. The summed E-state index contributed by atoms with van der Waals surface area (Å²) in [5, 5.41) is 1.93. The molecule has 0 aromatic heterocycles. The molecule has 2 rings (SSSR count). The van der Waals surface area contributed by atoms with Crippen LogP contribution in [0.25, 0.3) is 0 Å². The highest BCUT2D eigenvalue weighted by molar-refractivity contribution is 7.01. The molecule has 0 aliphatic heterocycles. The topological polar surface area (TPSA) is 55.4 Å². The third kappa shape index (κ3) is 6.67. The van der Waals surface area contributed by atoms with Crippen LogP contribution in [0.5, 0.6) is 0 Å². The van der Waals surface area contributed by atoms with Crippen LogP contribution in [0, 0.1) is 0 Å². The lowest BCUT2D eigenvalue weighted by Crippen LogP contribution is -2.72. The van der Waals surface area contributed by atoms with Gasteiger partial charge in [-0.1, -0.05) is 67.6 Å². The van der Waals surface area contributed by atoms with E-state index >= 15 is 0 Å². The van der Waals surface area contributed by atoms with Crippen LogP contribution in [0.4, 0.5) is 0 Å². The van der Waals surface area contributed by atoms with Gasteiger partial charge in [0, 0.05) is 21.3 Å². The fourth-order valence-electron chi connectivity index (χ4n) is 3.17. The molecule has 0 fully saturated rings. The molecule has 0 saturated carbocycles. The predicted molar refractivity (Wildman–Crippen MR) is 130 cm³/mol. The Bertz CT molecular complexity index is 724. The quantitative estimate of drug-likeness (QED) is 0.410. The van der Waals surface area contributed by atoms with Crippen molar-refractivity contribution in [3.05, 3.63) is 60.7 Å². The number of hydrogen-bond donors (Lipinski definition) is 0. The van der Waals surface area contributed by atoms with E-state index in [4.69, 9.17) is 26.2 Å². The monoisotopic (exact) mass is 480 g/mol. The molecule has 0 amide bonds. The third-order valence-corrected chi connectivity index (χ3v) is 15.1. The Balaban J connectivity index is 2.63. The number of ether oxygens (including phenoxy) is 1. The van der Waals surface area contributed by atoms with Crippen LogP contribution < -0.4 is 10.4 Å². The van der Waals surface area contributed by atoms with Crippen molar-refractivity contribution in [2.75, 3.05) is 27.6 Å². The van der Waals surface area contributed by atoms with Gasteiger partial charge >= 0.3 is 17.6 Å². The first kappa shape index (κ1) is 26.1. The Labute approximate surface area is 190 Å². The molecule has 0 aliphatic carbocycles. The van der Waals surface area contributed by atoms with Crippen LogP contribution in [0.1, 0.15) is 20.3 Å². The molecule has 0 N–H and O–H groups in total. The molecular weight excluding hydrogens is 444 g/mol. The van der Waals surface area contributed by atoms with E-state index in [1.54, 1.807) is 21.3 Å². The van der Waals surface area contributed by atoms with E-state index in [-0.39, 0.29) is 6.10 Å². The van der Waals surface area contributed by atoms with Crippen LogP contribution in [0.15, 0.2) is 60.7 Å². The highest BCUT2D eigenvalue weighted by Gasteiger charge is 2.57. The van der Waals surface area contributed by atoms with Gasteiger partial charge in [0.2, 0.25) is 8.32 Å². The molecule has 2 aromatic rings. The molecular formula is C22H36O6Si3. The summed E-state index contributed by atoms with van der Waals surface area (Å²) in [6, 6.07) is 20.1. The first-order valence-electron chi connectivity index (χ1n) is 10.5. The van der Waals surface area contributed by atoms with Crippen molar-refractivity contribution in [2.45, 2.75) is 39.5 Å². The van der Waals surface area contributed by atoms with Gasteiger partial charge in [-0.25, -0.2) is 0 Å². The minimum atomic E-state index is -3.45. The van der Waals surface area contributed by atoms with Crippen LogP contribution in [-0.2, 0) is 26.2 Å². The second kappa shape index (κ2) is 11.6. The summed E-state index contributed by atoms with van der Waals surface area (Å²) >= 11 is 0. The minimum absolute atomic E-state index is 0.172. The van der Waals surface area contributed by atoms with E-state index in [2.05, 4.69) is 26.9 Å². The molecule has 0 saturated heterocycles. The molecule has 172 valence electrons. The molecule has 0 aliphatic rings. The first-order chi connectivity index (χ1) is 14.8. The van der Waals surface area contributed by atoms with E-state index in [0.717, 1.165) is 16.8 Å². The van der Waals surface area contributed by atoms with Crippen LogP contribution >= 0.6 is 0 Å². The van der Waals surface area contributed by atoms with Crippen LogP contribution in [0.3, 0.4) is 0 Å². The van der Waals surface area contributed by atoms with Crippen LogP contribution in [-0.4, -0.2) is 59.6 Å². The lowest BCUT2D eigenvalue weighted by molar-refractivity contribution is 0.0419. The van der Waals surface area contributed by atoms with E-state index in [1.807, 2.05) is 60.7 Å². The Hall–Kier alpha value is -1.15. The number of hydrogen-bond acceptors (Lipinski definition) is 6. The average Bonchev–Trinajstić information content (AvgIpc) is 2.81. The number of rotatable bonds is 13. The van der Waals surface area contributed by atoms with Gasteiger partial charge in [0.15, 0.2) is 0 Å². The number of benzene rings is 2. The maximum absolute atomic E-state index is 7.08. The lowest BCUT2D eigenvalue weighted by Gasteiger charge is -2.41. The molecule has 9 heteroatoms. The van der Waals surface area contributed by atoms with E-state index in [1.165, 1.54) is 0 Å². The van der Waals surface area contributed by atoms with E-state index in [9.17, 15) is 0 Å². The van der Waals surface area contributed by atoms with E-state index < -0.39 is 25.9 Å². The van der Waals surface area contributed by atoms with Gasteiger partial charge in [0.05, 0.1) is 12.3 Å². The standard InChI is InChI=1S/C22H36O6Si3/c1-8-20(2)26-19-29(6,7)27-30(21-15-11-9-12-16-21,22-17-13-10-14-18-22)28-31(23-3,24-4)25-5/h9-18,20H,8,19H2,1-7H3. The summed E-state index contributed by atoms with van der Waals surface area (Å²) in [6.45, 7) is 8.51. The molecule has 0 bridgehead atoms. The van der Waals surface area contributed by atoms with Gasteiger partial charge in [-0.15, -0.1) is 0 Å². The summed E-state index contributed by atoms with van der Waals surface area (Å²) in [7, 11) is -4.46. The average molecular weight is 481 g/mol. The van der Waals surface area contributed by atoms with E-state index in [0.29, 0.717) is 6.23 Å². The molecule has 6 nitrogen and oxygen atoms in total. The maximum atomic E-state index is 7.08. The summed E-state index contributed by atoms with van der Waals surface area (Å²) in [4.78, 5) is 0. The fraction of sp³-hybridized carbons (Fsp3) is 0.455. The normalized spacial score (nSPS) is 13.9. The zero-order valence-corrected chi connectivity index (χ0v) is 22.7. The van der Waals surface area contributed by atoms with Gasteiger partial charge < -0.3 is 26.2 Å². The molecule has 31 heavy (non-hydrogen) atoms. The van der Waals surface area contributed by atoms with Crippen molar-refractivity contribution < 1.29 is 26.2 Å². The zero-order valence-electron chi connectivity index (χ0n) is 19.7. The largest absolute Gasteiger partial charge is 0.670 e. The van der Waals surface area contributed by atoms with Gasteiger partial charge in [-0.2, -0.15) is 0 Å². The summed E-state index contributed by atoms with van der Waals surface area (Å²) in [6.07, 6.45) is 1.68. The Morgan fingerprint density at radius 2 is 1.19 bits per heavy atom. The molecule has 0 radical (unpaired) electrons. The predicted octanol–water partition coefficient (Wildman–Crippen LogP) is 3.21. The van der Waals surface area contributed by atoms with Crippen molar-refractivity contribution in [1.82, 2.24) is 0 Å². The van der Waals surface area contributed by atoms with Crippen molar-refractivity contribution in [3.8, 4) is 0 Å². The zero-order chi connectivity index (χ0) is 23.0. The highest BCUT2D eigenvalue weighted by atomic mass is 28.5. The van der Waals surface area contributed by atoms with Crippen molar-refractivity contribution in [3.63, 3.8) is 0 Å². The van der Waals surface area contributed by atoms with Gasteiger partial charge in [-0.3, -0.25) is 0 Å². The molecule has 1 atom stereocenters. The van der Waals surface area contributed by atoms with Crippen molar-refractivity contribution in [2.24, 2.45) is 0 Å². The van der Waals surface area contributed by atoms with Crippen molar-refractivity contribution in [1.29, 1.82) is 0 Å². The first-order valence-corrected chi connectivity index (χ1v) is 17.1. The summed E-state index contributed by atoms with van der Waals surface area (Å²) in [5.74, 6) is 0. The molecule has 0 spiro atoms. The minimum Gasteiger partial charge on any atom is -0.428 e. The second-order valence-electron chi connectivity index (χ2n) is 7.95. The maximum Gasteiger partial charge on any atom is 0.670 e. The fourth-order valence-corrected chi connectivity index (χ4v) is 14.1. The molecule has 0 heterocycles. The second-order valence-corrected chi connectivity index (χ2v) is 18.0. The third-order valence-electron chi connectivity index (χ3n) is 5.04.